The Morgan fingerprint density at radius 1 is 1.21 bits per heavy atom. The highest BCUT2D eigenvalue weighted by Crippen LogP contribution is 2.37. The SMILES string of the molecule is CCOC(=O)C1=C(C)Nc2nc(-c3ccccc3OC)nn2C1c1ccccn1. The van der Waals surface area contributed by atoms with Crippen LogP contribution in [0.2, 0.25) is 0 Å². The second-order valence-corrected chi connectivity index (χ2v) is 6.45. The minimum Gasteiger partial charge on any atom is -0.496 e. The molecule has 3 aromatic rings. The van der Waals surface area contributed by atoms with E-state index in [2.05, 4.69) is 15.3 Å². The van der Waals surface area contributed by atoms with Gasteiger partial charge in [-0.15, -0.1) is 5.10 Å². The fraction of sp³-hybridized carbons (Fsp3) is 0.238. The first kappa shape index (κ1) is 18.7. The van der Waals surface area contributed by atoms with Crippen molar-refractivity contribution in [2.45, 2.75) is 19.9 Å². The summed E-state index contributed by atoms with van der Waals surface area (Å²) in [5.74, 6) is 1.27. The van der Waals surface area contributed by atoms with E-state index in [0.29, 0.717) is 34.5 Å². The first-order chi connectivity index (χ1) is 14.1. The maximum Gasteiger partial charge on any atom is 0.338 e. The van der Waals surface area contributed by atoms with Crippen LogP contribution in [-0.2, 0) is 9.53 Å². The van der Waals surface area contributed by atoms with Gasteiger partial charge in [-0.2, -0.15) is 4.98 Å². The Morgan fingerprint density at radius 3 is 2.72 bits per heavy atom. The highest BCUT2D eigenvalue weighted by molar-refractivity contribution is 5.92. The molecule has 0 amide bonds. The first-order valence-electron chi connectivity index (χ1n) is 9.29. The predicted octanol–water partition coefficient (Wildman–Crippen LogP) is 3.20. The molecule has 0 fully saturated rings. The number of nitrogens with zero attached hydrogens (tertiary/aromatic N) is 4. The minimum absolute atomic E-state index is 0.279. The molecular formula is C21H21N5O3. The van der Waals surface area contributed by atoms with E-state index in [1.807, 2.05) is 49.4 Å². The lowest BCUT2D eigenvalue weighted by molar-refractivity contribution is -0.139. The molecule has 0 radical (unpaired) electrons. The van der Waals surface area contributed by atoms with Crippen molar-refractivity contribution in [1.29, 1.82) is 0 Å². The Hall–Kier alpha value is -3.68. The van der Waals surface area contributed by atoms with Crippen LogP contribution >= 0.6 is 0 Å². The van der Waals surface area contributed by atoms with Gasteiger partial charge >= 0.3 is 5.97 Å². The van der Waals surface area contributed by atoms with Gasteiger partial charge in [-0.1, -0.05) is 18.2 Å². The highest BCUT2D eigenvalue weighted by atomic mass is 16.5. The Morgan fingerprint density at radius 2 is 2.00 bits per heavy atom. The zero-order chi connectivity index (χ0) is 20.4. The molecule has 29 heavy (non-hydrogen) atoms. The molecule has 4 rings (SSSR count). The molecule has 2 aromatic heterocycles. The van der Waals surface area contributed by atoms with E-state index in [9.17, 15) is 4.79 Å². The maximum absolute atomic E-state index is 12.7. The van der Waals surface area contributed by atoms with Gasteiger partial charge in [-0.05, 0) is 38.1 Å². The van der Waals surface area contributed by atoms with Gasteiger partial charge < -0.3 is 14.8 Å². The van der Waals surface area contributed by atoms with Gasteiger partial charge in [-0.25, -0.2) is 9.48 Å². The van der Waals surface area contributed by atoms with Gasteiger partial charge in [0.1, 0.15) is 11.8 Å². The van der Waals surface area contributed by atoms with E-state index in [4.69, 9.17) is 14.6 Å². The van der Waals surface area contributed by atoms with E-state index in [1.165, 1.54) is 0 Å². The summed E-state index contributed by atoms with van der Waals surface area (Å²) in [6, 6.07) is 12.5. The van der Waals surface area contributed by atoms with Crippen molar-refractivity contribution in [3.63, 3.8) is 0 Å². The van der Waals surface area contributed by atoms with Crippen molar-refractivity contribution in [2.75, 3.05) is 19.0 Å². The molecule has 1 N–H and O–H groups in total. The van der Waals surface area contributed by atoms with Gasteiger partial charge in [0.05, 0.1) is 30.5 Å². The maximum atomic E-state index is 12.7. The van der Waals surface area contributed by atoms with Gasteiger partial charge in [0.15, 0.2) is 5.82 Å². The van der Waals surface area contributed by atoms with Gasteiger partial charge in [0, 0.05) is 11.9 Å². The zero-order valence-electron chi connectivity index (χ0n) is 16.4. The lowest BCUT2D eigenvalue weighted by Gasteiger charge is -2.27. The lowest BCUT2D eigenvalue weighted by atomic mass is 10.00. The molecule has 0 saturated heterocycles. The number of hydrogen-bond acceptors (Lipinski definition) is 7. The molecule has 1 atom stereocenters. The molecule has 0 saturated carbocycles. The van der Waals surface area contributed by atoms with Gasteiger partial charge in [0.25, 0.3) is 0 Å². The van der Waals surface area contributed by atoms with Crippen LogP contribution in [0, 0.1) is 0 Å². The van der Waals surface area contributed by atoms with Gasteiger partial charge in [0.2, 0.25) is 5.95 Å². The third-order valence-corrected chi connectivity index (χ3v) is 4.66. The number of anilines is 1. The molecule has 1 unspecified atom stereocenters. The second-order valence-electron chi connectivity index (χ2n) is 6.45. The number of aromatic nitrogens is 4. The summed E-state index contributed by atoms with van der Waals surface area (Å²) in [6.45, 7) is 3.88. The van der Waals surface area contributed by atoms with Crippen LogP contribution in [0.5, 0.6) is 5.75 Å². The number of carbonyl (C=O) groups is 1. The normalized spacial score (nSPS) is 15.5. The zero-order valence-corrected chi connectivity index (χ0v) is 16.4. The number of ether oxygens (including phenoxy) is 2. The molecule has 8 nitrogen and oxygen atoms in total. The molecule has 8 heteroatoms. The quantitative estimate of drug-likeness (QED) is 0.668. The average molecular weight is 391 g/mol. The summed E-state index contributed by atoms with van der Waals surface area (Å²) < 4.78 is 12.4. The number of benzene rings is 1. The molecule has 0 bridgehead atoms. The van der Waals surface area contributed by atoms with Crippen molar-refractivity contribution in [3.05, 3.63) is 65.6 Å². The van der Waals surface area contributed by atoms with Crippen LogP contribution < -0.4 is 10.1 Å². The number of rotatable bonds is 5. The third kappa shape index (κ3) is 3.33. The lowest BCUT2D eigenvalue weighted by Crippen LogP contribution is -2.30. The highest BCUT2D eigenvalue weighted by Gasteiger charge is 2.36. The van der Waals surface area contributed by atoms with Crippen molar-refractivity contribution in [1.82, 2.24) is 19.7 Å². The van der Waals surface area contributed by atoms with Crippen molar-refractivity contribution in [2.24, 2.45) is 0 Å². The van der Waals surface area contributed by atoms with Crippen LogP contribution in [0.15, 0.2) is 59.9 Å². The smallest absolute Gasteiger partial charge is 0.338 e. The van der Waals surface area contributed by atoms with Crippen LogP contribution in [0.1, 0.15) is 25.6 Å². The Kier molecular flexibility index (Phi) is 4.99. The van der Waals surface area contributed by atoms with Crippen molar-refractivity contribution in [3.8, 4) is 17.1 Å². The molecule has 0 aliphatic carbocycles. The number of hydrogen-bond donors (Lipinski definition) is 1. The molecule has 148 valence electrons. The number of carbonyl (C=O) groups excluding carboxylic acids is 1. The Bertz CT molecular complexity index is 1070. The fourth-order valence-electron chi connectivity index (χ4n) is 3.38. The number of allylic oxidation sites excluding steroid dienone is 1. The summed E-state index contributed by atoms with van der Waals surface area (Å²) in [4.78, 5) is 21.9. The van der Waals surface area contributed by atoms with Gasteiger partial charge in [-0.3, -0.25) is 4.98 Å². The molecule has 0 spiro atoms. The number of esters is 1. The van der Waals surface area contributed by atoms with Crippen LogP contribution in [-0.4, -0.2) is 39.4 Å². The number of fused-ring (bicyclic) bond motifs is 1. The number of para-hydroxylation sites is 1. The van der Waals surface area contributed by atoms with E-state index >= 15 is 0 Å². The second kappa shape index (κ2) is 7.75. The van der Waals surface area contributed by atoms with E-state index in [1.54, 1.807) is 24.9 Å². The summed E-state index contributed by atoms with van der Waals surface area (Å²) in [7, 11) is 1.61. The largest absolute Gasteiger partial charge is 0.496 e. The molecule has 3 heterocycles. The monoisotopic (exact) mass is 391 g/mol. The van der Waals surface area contributed by atoms with Crippen molar-refractivity contribution >= 4 is 11.9 Å². The minimum atomic E-state index is -0.553. The summed E-state index contributed by atoms with van der Waals surface area (Å²) >= 11 is 0. The third-order valence-electron chi connectivity index (χ3n) is 4.66. The van der Waals surface area contributed by atoms with Crippen LogP contribution in [0.25, 0.3) is 11.4 Å². The van der Waals surface area contributed by atoms with Crippen LogP contribution in [0.4, 0.5) is 5.95 Å². The Labute approximate surface area is 168 Å². The van der Waals surface area contributed by atoms with E-state index in [0.717, 1.165) is 5.56 Å². The standard InChI is InChI=1S/C21H21N5O3/c1-4-29-20(27)17-13(2)23-21-24-19(14-9-5-6-11-16(14)28-3)25-26(21)18(17)15-10-7-8-12-22-15/h5-12,18H,4H2,1-3H3,(H,23,24,25). The molecule has 1 aromatic carbocycles. The van der Waals surface area contributed by atoms with Crippen LogP contribution in [0.3, 0.4) is 0 Å². The molecular weight excluding hydrogens is 370 g/mol. The average Bonchev–Trinajstić information content (AvgIpc) is 3.16. The number of methoxy groups -OCH3 is 1. The first-order valence-corrected chi connectivity index (χ1v) is 9.29. The van der Waals surface area contributed by atoms with Crippen molar-refractivity contribution < 1.29 is 14.3 Å². The number of pyridine rings is 1. The Balaban J connectivity index is 1.87. The topological polar surface area (TPSA) is 91.2 Å². The summed E-state index contributed by atoms with van der Waals surface area (Å²) in [5.41, 5.74) is 2.54. The fourth-order valence-corrected chi connectivity index (χ4v) is 3.38. The summed E-state index contributed by atoms with van der Waals surface area (Å²) in [5, 5.41) is 7.87. The molecule has 1 aliphatic heterocycles. The van der Waals surface area contributed by atoms with E-state index < -0.39 is 12.0 Å². The van der Waals surface area contributed by atoms with E-state index in [-0.39, 0.29) is 6.61 Å². The summed E-state index contributed by atoms with van der Waals surface area (Å²) in [6.07, 6.45) is 1.69. The molecule has 1 aliphatic rings. The predicted molar refractivity (Wildman–Crippen MR) is 107 cm³/mol. The number of nitrogens with one attached hydrogen (secondary N) is 1.